The van der Waals surface area contributed by atoms with Crippen molar-refractivity contribution in [2.75, 3.05) is 0 Å². The number of aliphatic hydroxyl groups excluding tert-OH is 1. The first-order valence-electron chi connectivity index (χ1n) is 7.30. The molecule has 0 aromatic carbocycles. The molecule has 2 atom stereocenters. The minimum atomic E-state index is -3.14. The van der Waals surface area contributed by atoms with Gasteiger partial charge in [-0.05, 0) is 20.8 Å². The number of aliphatic hydroxyl groups is 1. The Bertz CT molecular complexity index is 889. The first kappa shape index (κ1) is 17.2. The van der Waals surface area contributed by atoms with Crippen LogP contribution in [0.1, 0.15) is 27.2 Å². The smallest absolute Gasteiger partial charge is 0.408 e. The summed E-state index contributed by atoms with van der Waals surface area (Å²) in [6.45, 7) is 4.80. The second-order valence-electron chi connectivity index (χ2n) is 6.83. The predicted octanol–water partition coefficient (Wildman–Crippen LogP) is 2.27. The number of allylic oxidation sites excluding steroid dienone is 3. The monoisotopic (exact) mass is 370 g/mol. The van der Waals surface area contributed by atoms with E-state index in [1.165, 1.54) is 0 Å². The van der Waals surface area contributed by atoms with Crippen molar-refractivity contribution in [3.05, 3.63) is 43.1 Å². The highest BCUT2D eigenvalue weighted by Gasteiger charge is 2.74. The first-order chi connectivity index (χ1) is 11.4. The zero-order chi connectivity index (χ0) is 18.9. The predicted molar refractivity (Wildman–Crippen MR) is 83.7 cm³/mol. The van der Waals surface area contributed by atoms with Crippen LogP contribution in [0.4, 0.5) is 4.79 Å². The normalized spacial score (nSPS) is 24.6. The molecule has 3 N–H and O–H groups in total. The van der Waals surface area contributed by atoms with Crippen LogP contribution in [0.15, 0.2) is 33.0 Å². The van der Waals surface area contributed by atoms with Crippen molar-refractivity contribution in [2.24, 2.45) is 0 Å². The fourth-order valence-corrected chi connectivity index (χ4v) is 6.18. The Morgan fingerprint density at radius 1 is 1.32 bits per heavy atom. The molecule has 0 spiro atoms. The number of carbonyl (C=O) groups is 2. The maximum Gasteiger partial charge on any atom is 0.408 e. The van der Waals surface area contributed by atoms with Gasteiger partial charge >= 0.3 is 12.1 Å². The number of carboxylic acids is 1. The summed E-state index contributed by atoms with van der Waals surface area (Å²) in [5.74, 6) is -1.76. The molecule has 3 aliphatic rings. The highest BCUT2D eigenvalue weighted by atomic mass is 31.2. The van der Waals surface area contributed by atoms with E-state index in [2.05, 4.69) is 5.32 Å². The number of amides is 1. The minimum absolute atomic E-state index is 0.0143. The van der Waals surface area contributed by atoms with Gasteiger partial charge in [0.25, 0.3) is 5.70 Å². The molecule has 3 heterocycles. The van der Waals surface area contributed by atoms with Crippen molar-refractivity contribution in [2.45, 2.75) is 38.8 Å². The molecule has 134 valence electrons. The number of aliphatic carboxylic acids is 1. The summed E-state index contributed by atoms with van der Waals surface area (Å²) in [6.07, 6.45) is -1.41. The number of alkyl carbamates (subject to hydrolysis) is 1. The van der Waals surface area contributed by atoms with Gasteiger partial charge in [0, 0.05) is 17.3 Å². The molecule has 3 rings (SSSR count). The molecule has 1 amide bonds. The lowest BCUT2D eigenvalue weighted by atomic mass is 10.00. The van der Waals surface area contributed by atoms with Gasteiger partial charge in [0.1, 0.15) is 22.7 Å². The quantitative estimate of drug-likeness (QED) is 0.378. The number of carboxylic acid groups (broad SMARTS) is 1. The summed E-state index contributed by atoms with van der Waals surface area (Å²) >= 11 is 0. The second-order valence-corrected chi connectivity index (χ2v) is 9.39. The van der Waals surface area contributed by atoms with Gasteiger partial charge in [-0.25, -0.2) is 9.59 Å². The Balaban J connectivity index is 1.85. The van der Waals surface area contributed by atoms with Gasteiger partial charge in [-0.15, -0.1) is 0 Å². The maximum atomic E-state index is 12.5. The SMILES string of the molecule is CC(C)(C)OC(=O)N[C@@H](CC1=C([N+](=O)[O-])C2=C(O)C3=C1P23=O)C(=O)O. The molecule has 0 saturated heterocycles. The molecule has 25 heavy (non-hydrogen) atoms. The second kappa shape index (κ2) is 4.95. The summed E-state index contributed by atoms with van der Waals surface area (Å²) in [4.78, 5) is 33.7. The van der Waals surface area contributed by atoms with Crippen LogP contribution in [0.2, 0.25) is 0 Å². The van der Waals surface area contributed by atoms with Crippen LogP contribution in [0, 0.1) is 10.1 Å². The highest BCUT2D eigenvalue weighted by Crippen LogP contribution is 2.97. The molecule has 10 nitrogen and oxygen atoms in total. The van der Waals surface area contributed by atoms with Crippen LogP contribution in [0.5, 0.6) is 0 Å². The molecule has 1 unspecified atom stereocenters. The fourth-order valence-electron chi connectivity index (χ4n) is 3.02. The average molecular weight is 370 g/mol. The van der Waals surface area contributed by atoms with Gasteiger partial charge in [-0.3, -0.25) is 10.1 Å². The van der Waals surface area contributed by atoms with Gasteiger partial charge < -0.3 is 24.8 Å². The number of rotatable bonds is 5. The topological polar surface area (TPSA) is 156 Å². The molecule has 0 aromatic heterocycles. The van der Waals surface area contributed by atoms with Crippen LogP contribution in [0.25, 0.3) is 0 Å². The number of nitrogens with zero attached hydrogens (tertiary/aromatic N) is 1. The van der Waals surface area contributed by atoms with E-state index in [-0.39, 0.29) is 27.3 Å². The molecule has 3 aliphatic heterocycles. The van der Waals surface area contributed by atoms with Crippen molar-refractivity contribution in [3.63, 3.8) is 0 Å². The molecule has 0 bridgehead atoms. The third-order valence-electron chi connectivity index (χ3n) is 3.94. The number of ether oxygens (including phenoxy) is 1. The van der Waals surface area contributed by atoms with Gasteiger partial charge in [0.15, 0.2) is 7.14 Å². The summed E-state index contributed by atoms with van der Waals surface area (Å²) in [6, 6.07) is -1.50. The summed E-state index contributed by atoms with van der Waals surface area (Å²) in [7, 11) is -3.14. The summed E-state index contributed by atoms with van der Waals surface area (Å²) in [5.41, 5.74) is -1.39. The van der Waals surface area contributed by atoms with Crippen molar-refractivity contribution in [3.8, 4) is 0 Å². The van der Waals surface area contributed by atoms with Crippen molar-refractivity contribution >= 4 is 19.2 Å². The van der Waals surface area contributed by atoms with E-state index in [1.54, 1.807) is 20.8 Å². The van der Waals surface area contributed by atoms with Crippen LogP contribution < -0.4 is 5.32 Å². The standard InChI is InChI=1S/C14H15N2O8P/c1-14(2,3)24-13(20)15-6(12(18)19)4-5-7(16(21)22)10-8(17)11-9(5)25(10,11)23/h6,17H,4H2,1-3H3,(H,15,20)(H,18,19)/t6-,25?/m0/s1. The van der Waals surface area contributed by atoms with Gasteiger partial charge in [-0.1, -0.05) is 0 Å². The number of nitro groups is 1. The lowest BCUT2D eigenvalue weighted by Gasteiger charge is -2.22. The molecule has 0 saturated carbocycles. The van der Waals surface area contributed by atoms with Crippen molar-refractivity contribution in [1.29, 1.82) is 0 Å². The third kappa shape index (κ3) is 2.36. The minimum Gasteiger partial charge on any atom is -0.506 e. The summed E-state index contributed by atoms with van der Waals surface area (Å²) < 4.78 is 17.4. The summed E-state index contributed by atoms with van der Waals surface area (Å²) in [5, 5.41) is 32.5. The van der Waals surface area contributed by atoms with E-state index >= 15 is 0 Å². The van der Waals surface area contributed by atoms with Gasteiger partial charge in [0.2, 0.25) is 0 Å². The lowest BCUT2D eigenvalue weighted by molar-refractivity contribution is -0.420. The molecule has 11 heteroatoms. The zero-order valence-corrected chi connectivity index (χ0v) is 14.4. The van der Waals surface area contributed by atoms with Gasteiger partial charge in [-0.2, -0.15) is 0 Å². The first-order valence-corrected chi connectivity index (χ1v) is 9.00. The molecule has 0 aromatic rings. The van der Waals surface area contributed by atoms with Gasteiger partial charge in [0.05, 0.1) is 10.2 Å². The van der Waals surface area contributed by atoms with Crippen LogP contribution in [-0.4, -0.2) is 38.8 Å². The van der Waals surface area contributed by atoms with Crippen molar-refractivity contribution in [1.82, 2.24) is 5.32 Å². The Morgan fingerprint density at radius 3 is 2.40 bits per heavy atom. The molecule has 0 fully saturated rings. The number of nitrogens with one attached hydrogen (secondary N) is 1. The van der Waals surface area contributed by atoms with Crippen LogP contribution >= 0.6 is 7.14 Å². The molecular weight excluding hydrogens is 355 g/mol. The molecular formula is C14H15N2O8P. The fraction of sp³-hybridized carbons (Fsp3) is 0.429. The van der Waals surface area contributed by atoms with Crippen LogP contribution in [0.3, 0.4) is 0 Å². The van der Waals surface area contributed by atoms with Crippen LogP contribution in [-0.2, 0) is 14.1 Å². The van der Waals surface area contributed by atoms with E-state index in [0.717, 1.165) is 0 Å². The lowest BCUT2D eigenvalue weighted by Crippen LogP contribution is -2.43. The number of hydrogen-bond donors (Lipinski definition) is 3. The van der Waals surface area contributed by atoms with E-state index < -0.39 is 47.9 Å². The Morgan fingerprint density at radius 2 is 1.92 bits per heavy atom. The van der Waals surface area contributed by atoms with E-state index in [0.29, 0.717) is 0 Å². The van der Waals surface area contributed by atoms with Crippen molar-refractivity contribution < 1.29 is 34.0 Å². The molecule has 0 aliphatic carbocycles. The molecule has 0 radical (unpaired) electrons. The average Bonchev–Trinajstić information content (AvgIpc) is 2.91. The Hall–Kier alpha value is -2.61. The third-order valence-corrected chi connectivity index (χ3v) is 6.96. The zero-order valence-electron chi connectivity index (χ0n) is 13.5. The highest BCUT2D eigenvalue weighted by molar-refractivity contribution is 7.86. The largest absolute Gasteiger partial charge is 0.506 e. The van der Waals surface area contributed by atoms with E-state index in [9.17, 15) is 34.5 Å². The number of carbonyl (C=O) groups excluding carboxylic acids is 1. The Labute approximate surface area is 141 Å². The Kier molecular flexibility index (Phi) is 3.41. The van der Waals surface area contributed by atoms with E-state index in [4.69, 9.17) is 4.74 Å². The van der Waals surface area contributed by atoms with E-state index in [1.807, 2.05) is 0 Å². The maximum absolute atomic E-state index is 12.5. The number of hydrogen-bond acceptors (Lipinski definition) is 7.